The molecule has 2 rings (SSSR count). The summed E-state index contributed by atoms with van der Waals surface area (Å²) in [7, 11) is 1.73. The smallest absolute Gasteiger partial charge is 0.122 e. The number of rotatable bonds is 5. The van der Waals surface area contributed by atoms with Gasteiger partial charge in [0.15, 0.2) is 0 Å². The third-order valence-corrected chi connectivity index (χ3v) is 3.90. The summed E-state index contributed by atoms with van der Waals surface area (Å²) in [5.41, 5.74) is 1.26. The average molecular weight is 313 g/mol. The first-order valence-corrected chi connectivity index (χ1v) is 7.35. The van der Waals surface area contributed by atoms with Gasteiger partial charge in [0.05, 0.1) is 7.11 Å². The maximum absolute atomic E-state index is 5.38. The Balaban J connectivity index is 1.83. The molecule has 3 nitrogen and oxygen atoms in total. The van der Waals surface area contributed by atoms with Gasteiger partial charge in [0.1, 0.15) is 5.75 Å². The van der Waals surface area contributed by atoms with Gasteiger partial charge in [0.25, 0.3) is 0 Å². The van der Waals surface area contributed by atoms with Gasteiger partial charge in [0.2, 0.25) is 0 Å². The van der Waals surface area contributed by atoms with Crippen LogP contribution < -0.4 is 15.4 Å². The fourth-order valence-corrected chi connectivity index (χ4v) is 2.79. The number of benzene rings is 1. The Hall–Kier alpha value is -0.580. The molecule has 0 aromatic heterocycles. The molecule has 0 unspecified atom stereocenters. The number of hydrogen-bond acceptors (Lipinski definition) is 3. The highest BCUT2D eigenvalue weighted by atomic mass is 79.9. The number of hydrogen-bond donors (Lipinski definition) is 2. The number of halogens is 1. The zero-order chi connectivity index (χ0) is 12.8. The summed E-state index contributed by atoms with van der Waals surface area (Å²) in [5.74, 6) is 0.977. The fraction of sp³-hybridized carbons (Fsp3) is 0.571. The molecule has 0 bridgehead atoms. The quantitative estimate of drug-likeness (QED) is 0.875. The number of ether oxygens (including phenoxy) is 1. The van der Waals surface area contributed by atoms with Gasteiger partial charge in [-0.2, -0.15) is 0 Å². The summed E-state index contributed by atoms with van der Waals surface area (Å²) in [5, 5.41) is 7.01. The van der Waals surface area contributed by atoms with E-state index in [9.17, 15) is 0 Å². The Morgan fingerprint density at radius 2 is 2.17 bits per heavy atom. The molecule has 0 saturated carbocycles. The molecule has 1 aliphatic heterocycles. The third kappa shape index (κ3) is 3.97. The van der Waals surface area contributed by atoms with E-state index in [0.29, 0.717) is 6.04 Å². The Morgan fingerprint density at radius 1 is 1.39 bits per heavy atom. The Bertz CT molecular complexity index is 378. The highest BCUT2D eigenvalue weighted by molar-refractivity contribution is 9.10. The van der Waals surface area contributed by atoms with Crippen molar-refractivity contribution in [1.29, 1.82) is 0 Å². The monoisotopic (exact) mass is 312 g/mol. The minimum atomic E-state index is 0.671. The first kappa shape index (κ1) is 13.8. The van der Waals surface area contributed by atoms with Crippen molar-refractivity contribution in [2.24, 2.45) is 0 Å². The second kappa shape index (κ2) is 7.12. The van der Waals surface area contributed by atoms with Crippen LogP contribution in [0.15, 0.2) is 22.7 Å². The Morgan fingerprint density at radius 3 is 2.89 bits per heavy atom. The van der Waals surface area contributed by atoms with Crippen molar-refractivity contribution in [3.63, 3.8) is 0 Å². The lowest BCUT2D eigenvalue weighted by atomic mass is 10.1. The molecule has 0 atom stereocenters. The van der Waals surface area contributed by atoms with Gasteiger partial charge in [-0.1, -0.05) is 15.9 Å². The standard InChI is InChI=1S/C14H21BrN2O/c1-18-14-3-2-12(15)10-11(14)4-9-17-13-5-7-16-8-6-13/h2-3,10,13,16-17H,4-9H2,1H3. The van der Waals surface area contributed by atoms with Crippen molar-refractivity contribution in [3.05, 3.63) is 28.2 Å². The lowest BCUT2D eigenvalue weighted by Gasteiger charge is -2.23. The molecule has 1 fully saturated rings. The maximum atomic E-state index is 5.38. The molecule has 1 heterocycles. The zero-order valence-corrected chi connectivity index (χ0v) is 12.4. The molecule has 18 heavy (non-hydrogen) atoms. The minimum absolute atomic E-state index is 0.671. The lowest BCUT2D eigenvalue weighted by molar-refractivity contribution is 0.385. The number of nitrogens with one attached hydrogen (secondary N) is 2. The number of methoxy groups -OCH3 is 1. The van der Waals surface area contributed by atoms with Crippen molar-refractivity contribution in [3.8, 4) is 5.75 Å². The summed E-state index contributed by atoms with van der Waals surface area (Å²) < 4.78 is 6.50. The van der Waals surface area contributed by atoms with E-state index in [1.807, 2.05) is 12.1 Å². The van der Waals surface area contributed by atoms with Crippen LogP contribution in [0.25, 0.3) is 0 Å². The molecular weight excluding hydrogens is 292 g/mol. The first-order chi connectivity index (χ1) is 8.79. The molecule has 0 radical (unpaired) electrons. The van der Waals surface area contributed by atoms with Gasteiger partial charge in [-0.25, -0.2) is 0 Å². The van der Waals surface area contributed by atoms with Crippen molar-refractivity contribution in [2.45, 2.75) is 25.3 Å². The summed E-state index contributed by atoms with van der Waals surface area (Å²) in [6.45, 7) is 3.28. The van der Waals surface area contributed by atoms with E-state index in [1.165, 1.54) is 18.4 Å². The summed E-state index contributed by atoms with van der Waals surface area (Å²) in [6.07, 6.45) is 3.47. The third-order valence-electron chi connectivity index (χ3n) is 3.41. The van der Waals surface area contributed by atoms with E-state index in [2.05, 4.69) is 32.6 Å². The van der Waals surface area contributed by atoms with Crippen LogP contribution in [-0.2, 0) is 6.42 Å². The van der Waals surface area contributed by atoms with Gasteiger partial charge >= 0.3 is 0 Å². The molecular formula is C14H21BrN2O. The van der Waals surface area contributed by atoms with E-state index >= 15 is 0 Å². The predicted molar refractivity (Wildman–Crippen MR) is 78.3 cm³/mol. The molecule has 2 N–H and O–H groups in total. The summed E-state index contributed by atoms with van der Waals surface area (Å²) >= 11 is 3.51. The molecule has 0 spiro atoms. The van der Waals surface area contributed by atoms with Crippen LogP contribution in [0.5, 0.6) is 5.75 Å². The van der Waals surface area contributed by atoms with Gasteiger partial charge in [0, 0.05) is 10.5 Å². The van der Waals surface area contributed by atoms with Crippen molar-refractivity contribution in [2.75, 3.05) is 26.7 Å². The molecule has 1 saturated heterocycles. The van der Waals surface area contributed by atoms with Crippen LogP contribution in [0.2, 0.25) is 0 Å². The second-order valence-corrected chi connectivity index (χ2v) is 5.60. The average Bonchev–Trinajstić information content (AvgIpc) is 2.40. The van der Waals surface area contributed by atoms with Crippen LogP contribution in [0.4, 0.5) is 0 Å². The molecule has 1 aromatic carbocycles. The first-order valence-electron chi connectivity index (χ1n) is 6.56. The zero-order valence-electron chi connectivity index (χ0n) is 10.8. The van der Waals surface area contributed by atoms with Gasteiger partial charge in [-0.3, -0.25) is 0 Å². The van der Waals surface area contributed by atoms with Crippen LogP contribution in [0, 0.1) is 0 Å². The van der Waals surface area contributed by atoms with E-state index in [0.717, 1.165) is 36.3 Å². The predicted octanol–water partition coefficient (Wildman–Crippen LogP) is 2.34. The van der Waals surface area contributed by atoms with E-state index in [-0.39, 0.29) is 0 Å². The van der Waals surface area contributed by atoms with E-state index < -0.39 is 0 Å². The van der Waals surface area contributed by atoms with Gasteiger partial charge in [-0.05, 0) is 62.7 Å². The normalized spacial score (nSPS) is 16.8. The molecule has 0 aliphatic carbocycles. The summed E-state index contributed by atoms with van der Waals surface area (Å²) in [6, 6.07) is 6.85. The van der Waals surface area contributed by atoms with Crippen LogP contribution in [0.1, 0.15) is 18.4 Å². The topological polar surface area (TPSA) is 33.3 Å². The minimum Gasteiger partial charge on any atom is -0.496 e. The maximum Gasteiger partial charge on any atom is 0.122 e. The second-order valence-electron chi connectivity index (χ2n) is 4.68. The van der Waals surface area contributed by atoms with Crippen molar-refractivity contribution < 1.29 is 4.74 Å². The molecule has 1 aliphatic rings. The fourth-order valence-electron chi connectivity index (χ4n) is 2.38. The highest BCUT2D eigenvalue weighted by Gasteiger charge is 2.12. The molecule has 100 valence electrons. The largest absolute Gasteiger partial charge is 0.496 e. The number of piperidine rings is 1. The van der Waals surface area contributed by atoms with Crippen molar-refractivity contribution in [1.82, 2.24) is 10.6 Å². The van der Waals surface area contributed by atoms with Crippen LogP contribution >= 0.6 is 15.9 Å². The van der Waals surface area contributed by atoms with Gasteiger partial charge < -0.3 is 15.4 Å². The van der Waals surface area contributed by atoms with Crippen LogP contribution in [0.3, 0.4) is 0 Å². The van der Waals surface area contributed by atoms with Gasteiger partial charge in [-0.15, -0.1) is 0 Å². The molecule has 1 aromatic rings. The highest BCUT2D eigenvalue weighted by Crippen LogP contribution is 2.23. The molecule has 0 amide bonds. The Labute approximate surface area is 117 Å². The lowest BCUT2D eigenvalue weighted by Crippen LogP contribution is -2.40. The van der Waals surface area contributed by atoms with E-state index in [4.69, 9.17) is 4.74 Å². The van der Waals surface area contributed by atoms with Crippen molar-refractivity contribution >= 4 is 15.9 Å². The van der Waals surface area contributed by atoms with Crippen LogP contribution in [-0.4, -0.2) is 32.8 Å². The van der Waals surface area contributed by atoms with E-state index in [1.54, 1.807) is 7.11 Å². The summed E-state index contributed by atoms with van der Waals surface area (Å²) in [4.78, 5) is 0. The SMILES string of the molecule is COc1ccc(Br)cc1CCNC1CCNCC1. The Kier molecular flexibility index (Phi) is 5.47. The molecule has 4 heteroatoms.